The van der Waals surface area contributed by atoms with Crippen LogP contribution in [0.1, 0.15) is 91.2 Å². The molecule has 1 aromatic carbocycles. The molecule has 31 heavy (non-hydrogen) atoms. The molecule has 1 heterocycles. The minimum absolute atomic E-state index is 0.127. The van der Waals surface area contributed by atoms with Gasteiger partial charge in [0.05, 0.1) is 0 Å². The number of nitrogens with zero attached hydrogens (tertiary/aromatic N) is 2. The smallest absolute Gasteiger partial charge is 0.270 e. The highest BCUT2D eigenvalue weighted by molar-refractivity contribution is 7.57. The quantitative estimate of drug-likeness (QED) is 0.294. The van der Waals surface area contributed by atoms with Gasteiger partial charge in [0.15, 0.2) is 0 Å². The maximum absolute atomic E-state index is 14.9. The number of hydrogen-bond acceptors (Lipinski definition) is 1. The van der Waals surface area contributed by atoms with Crippen molar-refractivity contribution in [1.29, 1.82) is 0 Å². The summed E-state index contributed by atoms with van der Waals surface area (Å²) in [7, 11) is -3.16. The van der Waals surface area contributed by atoms with Gasteiger partial charge in [0, 0.05) is 36.2 Å². The first-order chi connectivity index (χ1) is 14.8. The number of unbranched alkanes of at least 4 members (excludes halogenated alkanes) is 2. The molecule has 2 aliphatic rings. The summed E-state index contributed by atoms with van der Waals surface area (Å²) in [6.07, 6.45) is 7.30. The van der Waals surface area contributed by atoms with E-state index in [0.29, 0.717) is 5.56 Å². The summed E-state index contributed by atoms with van der Waals surface area (Å²) >= 11 is 0. The second-order valence-corrected chi connectivity index (χ2v) is 11.7. The minimum Gasteiger partial charge on any atom is -0.270 e. The Balaban J connectivity index is 2.04. The van der Waals surface area contributed by atoms with Crippen molar-refractivity contribution in [3.05, 3.63) is 35.6 Å². The van der Waals surface area contributed by atoms with E-state index in [9.17, 15) is 8.96 Å². The van der Waals surface area contributed by atoms with E-state index in [0.717, 1.165) is 32.1 Å². The maximum Gasteiger partial charge on any atom is 0.286 e. The number of hydrogen-bond donors (Lipinski definition) is 1. The first-order valence-electron chi connectivity index (χ1n) is 12.0. The van der Waals surface area contributed by atoms with Crippen LogP contribution in [0.5, 0.6) is 0 Å². The van der Waals surface area contributed by atoms with Crippen molar-refractivity contribution in [2.45, 2.75) is 110 Å². The highest BCUT2D eigenvalue weighted by Gasteiger charge is 2.57. The lowest BCUT2D eigenvalue weighted by Gasteiger charge is -2.37. The summed E-state index contributed by atoms with van der Waals surface area (Å²) in [5.41, 5.74) is 0.476. The van der Waals surface area contributed by atoms with Crippen LogP contribution in [0.15, 0.2) is 24.3 Å². The predicted octanol–water partition coefficient (Wildman–Crippen LogP) is 6.50. The minimum atomic E-state index is -3.16. The Morgan fingerprint density at radius 3 is 2.19 bits per heavy atom. The molecule has 172 valence electrons. The van der Waals surface area contributed by atoms with Crippen LogP contribution in [0, 0.1) is 17.7 Å². The van der Waals surface area contributed by atoms with Crippen molar-refractivity contribution in [1.82, 2.24) is 14.4 Å². The van der Waals surface area contributed by atoms with Gasteiger partial charge in [-0.3, -0.25) is 4.57 Å². The van der Waals surface area contributed by atoms with Crippen molar-refractivity contribution in [3.63, 3.8) is 0 Å². The standard InChI is InChI=1S/C25H39FN3OP/c1-6-7-8-9-16-23(21-14-10-11-15-22(21)26)27-31(30)28(19(2)3)24-17-12-13-18-25(24)29(31)20(4)5/h10-11,14-15,19-20,23-25H,6-8,12-13,17-18H2,1-5H3,(H,27,30)/t23-,24+,25+/m0/s1. The van der Waals surface area contributed by atoms with Crippen LogP contribution < -0.4 is 5.09 Å². The molecule has 6 heteroatoms. The first-order valence-corrected chi connectivity index (χ1v) is 13.6. The molecule has 1 aliphatic carbocycles. The van der Waals surface area contributed by atoms with E-state index in [-0.39, 0.29) is 30.0 Å². The highest BCUT2D eigenvalue weighted by Crippen LogP contribution is 2.63. The van der Waals surface area contributed by atoms with Gasteiger partial charge in [0.1, 0.15) is 11.9 Å². The van der Waals surface area contributed by atoms with Gasteiger partial charge < -0.3 is 0 Å². The molecule has 0 bridgehead atoms. The second-order valence-electron chi connectivity index (χ2n) is 9.42. The average molecular weight is 448 g/mol. The zero-order valence-electron chi connectivity index (χ0n) is 19.8. The molecule has 0 amide bonds. The van der Waals surface area contributed by atoms with Gasteiger partial charge in [-0.15, -0.1) is 5.92 Å². The molecule has 1 saturated heterocycles. The summed E-state index contributed by atoms with van der Waals surface area (Å²) in [5.74, 6) is 6.15. The van der Waals surface area contributed by atoms with Gasteiger partial charge in [-0.2, -0.15) is 0 Å². The van der Waals surface area contributed by atoms with E-state index >= 15 is 0 Å². The Kier molecular flexibility index (Phi) is 8.38. The van der Waals surface area contributed by atoms with Crippen LogP contribution in [0.2, 0.25) is 0 Å². The Morgan fingerprint density at radius 1 is 1.10 bits per heavy atom. The molecule has 2 fully saturated rings. The first kappa shape index (κ1) is 24.5. The molecule has 0 spiro atoms. The summed E-state index contributed by atoms with van der Waals surface area (Å²) in [4.78, 5) is 0. The molecular formula is C25H39FN3OP. The maximum atomic E-state index is 14.9. The SMILES string of the molecule is CCCCC#C[C@H](NP1(=O)N(C(C)C)[C@@H]2CCCC[C@H]2N1C(C)C)c1ccccc1F. The molecule has 0 unspecified atom stereocenters. The zero-order chi connectivity index (χ0) is 22.6. The van der Waals surface area contributed by atoms with Gasteiger partial charge in [0.2, 0.25) is 0 Å². The lowest BCUT2D eigenvalue weighted by molar-refractivity contribution is 0.173. The number of nitrogens with one attached hydrogen (secondary N) is 1. The largest absolute Gasteiger partial charge is 0.286 e. The molecule has 0 radical (unpaired) electrons. The number of benzene rings is 1. The van der Waals surface area contributed by atoms with Gasteiger partial charge >= 0.3 is 0 Å². The number of rotatable bonds is 7. The number of halogens is 1. The van der Waals surface area contributed by atoms with E-state index in [4.69, 9.17) is 0 Å². The predicted molar refractivity (Wildman–Crippen MR) is 127 cm³/mol. The molecule has 3 rings (SSSR count). The fourth-order valence-electron chi connectivity index (χ4n) is 5.25. The monoisotopic (exact) mass is 447 g/mol. The van der Waals surface area contributed by atoms with Crippen molar-refractivity contribution in [3.8, 4) is 11.8 Å². The van der Waals surface area contributed by atoms with E-state index in [1.165, 1.54) is 18.9 Å². The van der Waals surface area contributed by atoms with Gasteiger partial charge in [-0.1, -0.05) is 50.3 Å². The van der Waals surface area contributed by atoms with Crippen molar-refractivity contribution >= 4 is 7.59 Å². The van der Waals surface area contributed by atoms with E-state index in [1.54, 1.807) is 12.1 Å². The summed E-state index contributed by atoms with van der Waals surface area (Å²) in [6, 6.07) is 6.92. The third-order valence-corrected chi connectivity index (χ3v) is 9.84. The van der Waals surface area contributed by atoms with Crippen molar-refractivity contribution in [2.24, 2.45) is 0 Å². The fourth-order valence-corrected chi connectivity index (χ4v) is 8.89. The third kappa shape index (κ3) is 5.09. The molecular weight excluding hydrogens is 408 g/mol. The molecule has 0 aromatic heterocycles. The van der Waals surface area contributed by atoms with Crippen LogP contribution in [0.4, 0.5) is 4.39 Å². The molecule has 1 saturated carbocycles. The summed E-state index contributed by atoms with van der Waals surface area (Å²) < 4.78 is 34.1. The topological polar surface area (TPSA) is 35.6 Å². The summed E-state index contributed by atoms with van der Waals surface area (Å²) in [5, 5.41) is 3.44. The van der Waals surface area contributed by atoms with Crippen molar-refractivity contribution in [2.75, 3.05) is 0 Å². The van der Waals surface area contributed by atoms with Gasteiger partial charge in [-0.25, -0.2) is 18.8 Å². The van der Waals surface area contributed by atoms with Crippen LogP contribution in [0.3, 0.4) is 0 Å². The Labute approximate surface area is 188 Å². The molecule has 3 atom stereocenters. The number of fused-ring (bicyclic) bond motifs is 1. The van der Waals surface area contributed by atoms with Crippen LogP contribution in [-0.4, -0.2) is 33.5 Å². The van der Waals surface area contributed by atoms with Crippen LogP contribution in [0.25, 0.3) is 0 Å². The Hall–Kier alpha value is -1.18. The molecule has 4 nitrogen and oxygen atoms in total. The second kappa shape index (κ2) is 10.6. The third-order valence-electron chi connectivity index (χ3n) is 6.47. The lowest BCUT2D eigenvalue weighted by Crippen LogP contribution is -2.43. The average Bonchev–Trinajstić information content (AvgIpc) is 2.98. The normalized spacial score (nSPS) is 24.8. The van der Waals surface area contributed by atoms with Crippen LogP contribution >= 0.6 is 7.59 Å². The summed E-state index contributed by atoms with van der Waals surface area (Å²) in [6.45, 7) is 10.6. The van der Waals surface area contributed by atoms with Gasteiger partial charge in [0.25, 0.3) is 7.59 Å². The fraction of sp³-hybridized carbons (Fsp3) is 0.680. The molecule has 1 aromatic rings. The highest BCUT2D eigenvalue weighted by atomic mass is 31.2. The van der Waals surface area contributed by atoms with Gasteiger partial charge in [-0.05, 0) is 53.0 Å². The van der Waals surface area contributed by atoms with Crippen molar-refractivity contribution < 1.29 is 8.96 Å². The van der Waals surface area contributed by atoms with E-state index in [2.05, 4.69) is 60.9 Å². The van der Waals surface area contributed by atoms with E-state index in [1.807, 2.05) is 6.07 Å². The van der Waals surface area contributed by atoms with Crippen LogP contribution in [-0.2, 0) is 4.57 Å². The lowest BCUT2D eigenvalue weighted by atomic mass is 9.89. The molecule has 1 N–H and O–H groups in total. The molecule has 1 aliphatic heterocycles. The Morgan fingerprint density at radius 2 is 1.68 bits per heavy atom. The zero-order valence-corrected chi connectivity index (χ0v) is 20.7. The van der Waals surface area contributed by atoms with E-state index < -0.39 is 13.6 Å². The Bertz CT molecular complexity index is 819.